The summed E-state index contributed by atoms with van der Waals surface area (Å²) in [6.07, 6.45) is -3.64. The average molecular weight is 435 g/mol. The summed E-state index contributed by atoms with van der Waals surface area (Å²) < 4.78 is 39.3. The fourth-order valence-electron chi connectivity index (χ4n) is 3.13. The summed E-state index contributed by atoms with van der Waals surface area (Å²) >= 11 is 0. The van der Waals surface area contributed by atoms with Gasteiger partial charge in [-0.2, -0.15) is 13.2 Å². The average Bonchev–Trinajstić information content (AvgIpc) is 2.72. The van der Waals surface area contributed by atoms with Crippen molar-refractivity contribution in [3.63, 3.8) is 0 Å². The van der Waals surface area contributed by atoms with Gasteiger partial charge in [-0.1, -0.05) is 50.2 Å². The zero-order valence-corrected chi connectivity index (χ0v) is 17.9. The maximum atomic E-state index is 13.1. The first-order valence-corrected chi connectivity index (χ1v) is 10.2. The molecule has 2 N–H and O–H groups in total. The van der Waals surface area contributed by atoms with Gasteiger partial charge < -0.3 is 10.6 Å². The summed E-state index contributed by atoms with van der Waals surface area (Å²) in [5, 5.41) is 5.19. The third-order valence-corrected chi connectivity index (χ3v) is 4.95. The standard InChI is InChI=1S/C23H28F3N3O2/c1-4-17-10-12-18(13-11-17)16(3)27-21(30)14-29(5-2)15-22(31)28-20-9-7-6-8-19(20)23(24,25)26/h6-13,16H,4-5,14-15H2,1-3H3,(H,27,30)(H,28,31). The molecule has 0 heterocycles. The van der Waals surface area contributed by atoms with E-state index in [0.717, 1.165) is 18.1 Å². The van der Waals surface area contributed by atoms with E-state index in [1.165, 1.54) is 23.8 Å². The Morgan fingerprint density at radius 1 is 0.968 bits per heavy atom. The highest BCUT2D eigenvalue weighted by molar-refractivity contribution is 5.93. The molecule has 2 aromatic rings. The Kier molecular flexibility index (Phi) is 8.62. The summed E-state index contributed by atoms with van der Waals surface area (Å²) in [5.41, 5.74) is 0.962. The van der Waals surface area contributed by atoms with Gasteiger partial charge in [-0.05, 0) is 43.1 Å². The predicted molar refractivity (Wildman–Crippen MR) is 115 cm³/mol. The van der Waals surface area contributed by atoms with Gasteiger partial charge in [0, 0.05) is 0 Å². The number of amides is 2. The van der Waals surface area contributed by atoms with Crippen molar-refractivity contribution in [3.8, 4) is 0 Å². The number of halogens is 3. The summed E-state index contributed by atoms with van der Waals surface area (Å²) in [6, 6.07) is 12.6. The molecule has 8 heteroatoms. The van der Waals surface area contributed by atoms with E-state index in [0.29, 0.717) is 6.54 Å². The van der Waals surface area contributed by atoms with Crippen molar-refractivity contribution in [3.05, 3.63) is 65.2 Å². The van der Waals surface area contributed by atoms with Gasteiger partial charge in [-0.3, -0.25) is 14.5 Å². The summed E-state index contributed by atoms with van der Waals surface area (Å²) in [7, 11) is 0. The molecule has 5 nitrogen and oxygen atoms in total. The van der Waals surface area contributed by atoms with Crippen molar-refractivity contribution in [1.82, 2.24) is 10.2 Å². The Balaban J connectivity index is 1.92. The number of rotatable bonds is 9. The second-order valence-electron chi connectivity index (χ2n) is 7.28. The van der Waals surface area contributed by atoms with Gasteiger partial charge in [-0.25, -0.2) is 0 Å². The van der Waals surface area contributed by atoms with E-state index in [1.807, 2.05) is 31.2 Å². The van der Waals surface area contributed by atoms with E-state index in [1.54, 1.807) is 11.8 Å². The number of benzene rings is 2. The monoisotopic (exact) mass is 435 g/mol. The number of nitrogens with one attached hydrogen (secondary N) is 2. The first kappa shape index (κ1) is 24.4. The van der Waals surface area contributed by atoms with Crippen LogP contribution in [-0.4, -0.2) is 36.3 Å². The zero-order valence-electron chi connectivity index (χ0n) is 17.9. The van der Waals surface area contributed by atoms with Gasteiger partial charge in [0.1, 0.15) is 0 Å². The van der Waals surface area contributed by atoms with Gasteiger partial charge >= 0.3 is 6.18 Å². The van der Waals surface area contributed by atoms with Crippen LogP contribution in [0.3, 0.4) is 0 Å². The SMILES string of the molecule is CCc1ccc(C(C)NC(=O)CN(CC)CC(=O)Nc2ccccc2C(F)(F)F)cc1. The van der Waals surface area contributed by atoms with Crippen LogP contribution in [0.2, 0.25) is 0 Å². The molecule has 1 unspecified atom stereocenters. The first-order chi connectivity index (χ1) is 14.6. The van der Waals surface area contributed by atoms with Crippen LogP contribution >= 0.6 is 0 Å². The van der Waals surface area contributed by atoms with E-state index in [9.17, 15) is 22.8 Å². The number of anilines is 1. The Morgan fingerprint density at radius 2 is 1.58 bits per heavy atom. The lowest BCUT2D eigenvalue weighted by atomic mass is 10.1. The molecule has 0 fully saturated rings. The third-order valence-electron chi connectivity index (χ3n) is 4.95. The van der Waals surface area contributed by atoms with Crippen LogP contribution in [0.1, 0.15) is 43.5 Å². The maximum Gasteiger partial charge on any atom is 0.418 e. The van der Waals surface area contributed by atoms with Crippen molar-refractivity contribution in [2.24, 2.45) is 0 Å². The fourth-order valence-corrected chi connectivity index (χ4v) is 3.13. The lowest BCUT2D eigenvalue weighted by Gasteiger charge is -2.22. The molecule has 0 aliphatic heterocycles. The molecule has 168 valence electrons. The second-order valence-corrected chi connectivity index (χ2v) is 7.28. The molecule has 0 aliphatic rings. The highest BCUT2D eigenvalue weighted by Crippen LogP contribution is 2.34. The van der Waals surface area contributed by atoms with Crippen molar-refractivity contribution < 1.29 is 22.8 Å². The van der Waals surface area contributed by atoms with Gasteiger partial charge in [0.15, 0.2) is 0 Å². The zero-order chi connectivity index (χ0) is 23.0. The molecule has 2 rings (SSSR count). The quantitative estimate of drug-likeness (QED) is 0.614. The van der Waals surface area contributed by atoms with Crippen LogP contribution in [0, 0.1) is 0 Å². The van der Waals surface area contributed by atoms with Crippen LogP contribution in [0.25, 0.3) is 0 Å². The van der Waals surface area contributed by atoms with Crippen LogP contribution in [-0.2, 0) is 22.2 Å². The second kappa shape index (κ2) is 10.9. The van der Waals surface area contributed by atoms with E-state index >= 15 is 0 Å². The topological polar surface area (TPSA) is 61.4 Å². The van der Waals surface area contributed by atoms with Gasteiger partial charge in [-0.15, -0.1) is 0 Å². The van der Waals surface area contributed by atoms with E-state index in [-0.39, 0.29) is 30.7 Å². The number of hydrogen-bond donors (Lipinski definition) is 2. The number of carbonyl (C=O) groups is 2. The molecule has 0 saturated carbocycles. The first-order valence-electron chi connectivity index (χ1n) is 10.2. The molecule has 0 aliphatic carbocycles. The largest absolute Gasteiger partial charge is 0.418 e. The lowest BCUT2D eigenvalue weighted by molar-refractivity contribution is -0.137. The Morgan fingerprint density at radius 3 is 2.16 bits per heavy atom. The minimum absolute atomic E-state index is 0.0395. The number of nitrogens with zero attached hydrogens (tertiary/aromatic N) is 1. The number of carbonyl (C=O) groups excluding carboxylic acids is 2. The Bertz CT molecular complexity index is 882. The minimum atomic E-state index is -4.57. The van der Waals surface area contributed by atoms with Crippen LogP contribution < -0.4 is 10.6 Å². The van der Waals surface area contributed by atoms with Crippen molar-refractivity contribution in [2.75, 3.05) is 25.0 Å². The molecular weight excluding hydrogens is 407 g/mol. The Labute approximate surface area is 180 Å². The fraction of sp³-hybridized carbons (Fsp3) is 0.391. The molecule has 31 heavy (non-hydrogen) atoms. The van der Waals surface area contributed by atoms with Crippen molar-refractivity contribution in [2.45, 2.75) is 39.4 Å². The molecule has 0 bridgehead atoms. The van der Waals surface area contributed by atoms with Crippen LogP contribution in [0.5, 0.6) is 0 Å². The number of likely N-dealkylation sites (N-methyl/N-ethyl adjacent to an activating group) is 1. The Hall–Kier alpha value is -2.87. The van der Waals surface area contributed by atoms with Crippen molar-refractivity contribution >= 4 is 17.5 Å². The molecule has 0 aromatic heterocycles. The summed E-state index contributed by atoms with van der Waals surface area (Å²) in [4.78, 5) is 26.3. The third kappa shape index (κ3) is 7.40. The molecule has 0 spiro atoms. The molecule has 1 atom stereocenters. The van der Waals surface area contributed by atoms with Gasteiger partial charge in [0.2, 0.25) is 11.8 Å². The number of hydrogen-bond acceptors (Lipinski definition) is 3. The number of alkyl halides is 3. The molecule has 0 radical (unpaired) electrons. The molecule has 2 amide bonds. The maximum absolute atomic E-state index is 13.1. The summed E-state index contributed by atoms with van der Waals surface area (Å²) in [5.74, 6) is -0.882. The normalized spacial score (nSPS) is 12.5. The molecule has 2 aromatic carbocycles. The van der Waals surface area contributed by atoms with E-state index in [4.69, 9.17) is 0 Å². The van der Waals surface area contributed by atoms with Crippen LogP contribution in [0.15, 0.2) is 48.5 Å². The highest BCUT2D eigenvalue weighted by atomic mass is 19.4. The molecule has 0 saturated heterocycles. The van der Waals surface area contributed by atoms with E-state index in [2.05, 4.69) is 17.6 Å². The summed E-state index contributed by atoms with van der Waals surface area (Å²) in [6.45, 7) is 5.86. The van der Waals surface area contributed by atoms with Crippen molar-refractivity contribution in [1.29, 1.82) is 0 Å². The number of para-hydroxylation sites is 1. The van der Waals surface area contributed by atoms with E-state index < -0.39 is 17.6 Å². The smallest absolute Gasteiger partial charge is 0.348 e. The predicted octanol–water partition coefficient (Wildman–Crippen LogP) is 4.41. The molecular formula is C23H28F3N3O2. The minimum Gasteiger partial charge on any atom is -0.348 e. The highest BCUT2D eigenvalue weighted by Gasteiger charge is 2.33. The van der Waals surface area contributed by atoms with Gasteiger partial charge in [0.05, 0.1) is 30.4 Å². The lowest BCUT2D eigenvalue weighted by Crippen LogP contribution is -2.41. The van der Waals surface area contributed by atoms with Crippen LogP contribution in [0.4, 0.5) is 18.9 Å². The number of aryl methyl sites for hydroxylation is 1. The van der Waals surface area contributed by atoms with Gasteiger partial charge in [0.25, 0.3) is 0 Å².